The molecule has 1 aliphatic heterocycles. The van der Waals surface area contributed by atoms with Gasteiger partial charge in [-0.15, -0.1) is 5.10 Å². The normalized spacial score (nSPS) is 16.1. The van der Waals surface area contributed by atoms with Crippen LogP contribution in [0.2, 0.25) is 0 Å². The molecular weight excluding hydrogens is 439 g/mol. The molecule has 10 heteroatoms. The van der Waals surface area contributed by atoms with E-state index >= 15 is 0 Å². The van der Waals surface area contributed by atoms with Crippen molar-refractivity contribution in [3.63, 3.8) is 0 Å². The van der Waals surface area contributed by atoms with E-state index < -0.39 is 0 Å². The fourth-order valence-electron chi connectivity index (χ4n) is 4.25. The van der Waals surface area contributed by atoms with Crippen LogP contribution < -0.4 is 10.3 Å². The number of ether oxygens (including phenoxy) is 1. The number of piperidine rings is 1. The Morgan fingerprint density at radius 3 is 2.68 bits per heavy atom. The molecular formula is C24H23FN6O3. The summed E-state index contributed by atoms with van der Waals surface area (Å²) in [6, 6.07) is 13.1. The first-order chi connectivity index (χ1) is 16.5. The first-order valence-corrected chi connectivity index (χ1v) is 11.0. The molecule has 1 atom stereocenters. The molecule has 5 rings (SSSR count). The van der Waals surface area contributed by atoms with Gasteiger partial charge in [0.15, 0.2) is 11.2 Å². The molecule has 0 saturated carbocycles. The van der Waals surface area contributed by atoms with Crippen molar-refractivity contribution < 1.29 is 13.9 Å². The highest BCUT2D eigenvalue weighted by atomic mass is 19.1. The van der Waals surface area contributed by atoms with Gasteiger partial charge >= 0.3 is 0 Å². The van der Waals surface area contributed by atoms with Gasteiger partial charge in [0.05, 0.1) is 13.7 Å². The number of nitrogens with one attached hydrogen (secondary N) is 1. The summed E-state index contributed by atoms with van der Waals surface area (Å²) in [6.45, 7) is 1.39. The van der Waals surface area contributed by atoms with Gasteiger partial charge in [0.25, 0.3) is 11.5 Å². The number of hydrogen-bond donors (Lipinski definition) is 1. The zero-order valence-corrected chi connectivity index (χ0v) is 18.6. The van der Waals surface area contributed by atoms with E-state index in [1.807, 2.05) is 0 Å². The number of nitrogens with zero attached hydrogens (tertiary/aromatic N) is 5. The summed E-state index contributed by atoms with van der Waals surface area (Å²) in [5, 5.41) is 8.05. The fraction of sp³-hybridized carbons (Fsp3) is 0.292. The van der Waals surface area contributed by atoms with E-state index in [4.69, 9.17) is 4.74 Å². The standard InChI is InChI=1S/C24H23FN6O3/c1-34-19-10-6-16(7-11-19)24(33)30-12-2-3-17(14-30)21-26-22-20(23(32)27-21)28-29-31(22)13-15-4-8-18(25)9-5-15/h4-11,17H,2-3,12-14H2,1H3,(H,26,27,32). The maximum Gasteiger partial charge on any atom is 0.281 e. The Labute approximate surface area is 194 Å². The molecule has 1 aliphatic rings. The van der Waals surface area contributed by atoms with Gasteiger partial charge in [-0.2, -0.15) is 0 Å². The highest BCUT2D eigenvalue weighted by Gasteiger charge is 2.28. The number of halogens is 1. The molecule has 2 aromatic heterocycles. The Morgan fingerprint density at radius 1 is 1.18 bits per heavy atom. The highest BCUT2D eigenvalue weighted by Crippen LogP contribution is 2.26. The average molecular weight is 462 g/mol. The molecule has 1 saturated heterocycles. The third-order valence-electron chi connectivity index (χ3n) is 6.07. The van der Waals surface area contributed by atoms with E-state index in [0.29, 0.717) is 42.4 Å². The minimum Gasteiger partial charge on any atom is -0.497 e. The van der Waals surface area contributed by atoms with Crippen LogP contribution in [0.1, 0.15) is 40.5 Å². The van der Waals surface area contributed by atoms with Crippen molar-refractivity contribution in [3.8, 4) is 5.75 Å². The zero-order chi connectivity index (χ0) is 23.7. The van der Waals surface area contributed by atoms with E-state index in [0.717, 1.165) is 18.4 Å². The fourth-order valence-corrected chi connectivity index (χ4v) is 4.25. The van der Waals surface area contributed by atoms with Crippen molar-refractivity contribution in [1.82, 2.24) is 29.9 Å². The molecule has 0 spiro atoms. The molecule has 1 unspecified atom stereocenters. The van der Waals surface area contributed by atoms with Crippen LogP contribution in [0.3, 0.4) is 0 Å². The SMILES string of the molecule is COc1ccc(C(=O)N2CCCC(c3nc4c(nnn4Cc4ccc(F)cc4)c(=O)[nH]3)C2)cc1. The van der Waals surface area contributed by atoms with Crippen molar-refractivity contribution >= 4 is 17.1 Å². The summed E-state index contributed by atoms with van der Waals surface area (Å²) < 4.78 is 19.9. The van der Waals surface area contributed by atoms with Gasteiger partial charge in [-0.1, -0.05) is 17.3 Å². The largest absolute Gasteiger partial charge is 0.497 e. The van der Waals surface area contributed by atoms with Crippen molar-refractivity contribution in [2.24, 2.45) is 0 Å². The third-order valence-corrected chi connectivity index (χ3v) is 6.07. The number of aromatic amines is 1. The van der Waals surface area contributed by atoms with Gasteiger partial charge in [0.1, 0.15) is 17.4 Å². The number of benzene rings is 2. The summed E-state index contributed by atoms with van der Waals surface area (Å²) in [6.07, 6.45) is 1.59. The maximum absolute atomic E-state index is 13.2. The Hall–Kier alpha value is -4.08. The summed E-state index contributed by atoms with van der Waals surface area (Å²) in [7, 11) is 1.58. The number of amides is 1. The van der Waals surface area contributed by atoms with Crippen LogP contribution in [0.25, 0.3) is 11.2 Å². The lowest BCUT2D eigenvalue weighted by atomic mass is 9.96. The topological polar surface area (TPSA) is 106 Å². The predicted octanol–water partition coefficient (Wildman–Crippen LogP) is 2.73. The summed E-state index contributed by atoms with van der Waals surface area (Å²) in [4.78, 5) is 35.0. The summed E-state index contributed by atoms with van der Waals surface area (Å²) in [5.74, 6) is 0.678. The van der Waals surface area contributed by atoms with Crippen LogP contribution in [0, 0.1) is 5.82 Å². The molecule has 0 bridgehead atoms. The molecule has 1 amide bonds. The molecule has 1 fully saturated rings. The maximum atomic E-state index is 13.2. The second-order valence-electron chi connectivity index (χ2n) is 8.32. The molecule has 2 aromatic carbocycles. The van der Waals surface area contributed by atoms with E-state index in [1.165, 1.54) is 16.8 Å². The number of carbonyl (C=O) groups excluding carboxylic acids is 1. The van der Waals surface area contributed by atoms with Crippen LogP contribution in [0.15, 0.2) is 53.3 Å². The number of fused-ring (bicyclic) bond motifs is 1. The lowest BCUT2D eigenvalue weighted by Gasteiger charge is -2.32. The minimum absolute atomic E-state index is 0.0706. The Balaban J connectivity index is 1.40. The third kappa shape index (κ3) is 4.26. The number of aromatic nitrogens is 5. The number of methoxy groups -OCH3 is 1. The zero-order valence-electron chi connectivity index (χ0n) is 18.6. The molecule has 0 aliphatic carbocycles. The van der Waals surface area contributed by atoms with Gasteiger partial charge < -0.3 is 14.6 Å². The van der Waals surface area contributed by atoms with Crippen LogP contribution in [-0.4, -0.2) is 56.0 Å². The van der Waals surface area contributed by atoms with Crippen molar-refractivity contribution in [2.45, 2.75) is 25.3 Å². The molecule has 3 heterocycles. The molecule has 4 aromatic rings. The number of likely N-dealkylation sites (tertiary alicyclic amines) is 1. The number of hydrogen-bond acceptors (Lipinski definition) is 6. The highest BCUT2D eigenvalue weighted by molar-refractivity contribution is 5.94. The van der Waals surface area contributed by atoms with Crippen LogP contribution in [0.4, 0.5) is 4.39 Å². The van der Waals surface area contributed by atoms with E-state index in [2.05, 4.69) is 20.3 Å². The lowest BCUT2D eigenvalue weighted by Crippen LogP contribution is -2.40. The van der Waals surface area contributed by atoms with Crippen LogP contribution in [-0.2, 0) is 6.54 Å². The van der Waals surface area contributed by atoms with Crippen LogP contribution >= 0.6 is 0 Å². The van der Waals surface area contributed by atoms with Crippen molar-refractivity contribution in [2.75, 3.05) is 20.2 Å². The first kappa shape index (κ1) is 21.7. The minimum atomic E-state index is -0.371. The quantitative estimate of drug-likeness (QED) is 0.489. The summed E-state index contributed by atoms with van der Waals surface area (Å²) in [5.41, 5.74) is 1.53. The number of rotatable bonds is 5. The second kappa shape index (κ2) is 9.05. The second-order valence-corrected chi connectivity index (χ2v) is 8.32. The first-order valence-electron chi connectivity index (χ1n) is 11.0. The molecule has 34 heavy (non-hydrogen) atoms. The van der Waals surface area contributed by atoms with Gasteiger partial charge in [0.2, 0.25) is 0 Å². The van der Waals surface area contributed by atoms with Gasteiger partial charge in [0, 0.05) is 24.6 Å². The van der Waals surface area contributed by atoms with Crippen molar-refractivity contribution in [3.05, 3.63) is 81.7 Å². The lowest BCUT2D eigenvalue weighted by molar-refractivity contribution is 0.0704. The molecule has 1 N–H and O–H groups in total. The van der Waals surface area contributed by atoms with Gasteiger partial charge in [-0.3, -0.25) is 9.59 Å². The monoisotopic (exact) mass is 462 g/mol. The Morgan fingerprint density at radius 2 is 1.94 bits per heavy atom. The van der Waals surface area contributed by atoms with Crippen molar-refractivity contribution in [1.29, 1.82) is 0 Å². The van der Waals surface area contributed by atoms with Gasteiger partial charge in [-0.25, -0.2) is 14.1 Å². The van der Waals surface area contributed by atoms with E-state index in [1.54, 1.807) is 48.4 Å². The van der Waals surface area contributed by atoms with Crippen LogP contribution in [0.5, 0.6) is 5.75 Å². The molecule has 0 radical (unpaired) electrons. The molecule has 174 valence electrons. The number of carbonyl (C=O) groups is 1. The summed E-state index contributed by atoms with van der Waals surface area (Å²) >= 11 is 0. The number of H-pyrrole nitrogens is 1. The van der Waals surface area contributed by atoms with Gasteiger partial charge in [-0.05, 0) is 54.8 Å². The Kier molecular flexibility index (Phi) is 5.79. The average Bonchev–Trinajstić information content (AvgIpc) is 3.28. The predicted molar refractivity (Wildman–Crippen MR) is 122 cm³/mol. The van der Waals surface area contributed by atoms with E-state index in [9.17, 15) is 14.0 Å². The van der Waals surface area contributed by atoms with E-state index in [-0.39, 0.29) is 28.7 Å². The smallest absolute Gasteiger partial charge is 0.281 e. The molecule has 9 nitrogen and oxygen atoms in total. The Bertz CT molecular complexity index is 1380.